The molecule has 1 saturated carbocycles. The molecule has 1 aromatic carbocycles. The van der Waals surface area contributed by atoms with Crippen molar-refractivity contribution in [1.29, 1.82) is 0 Å². The summed E-state index contributed by atoms with van der Waals surface area (Å²) in [4.78, 5) is 12.9. The highest BCUT2D eigenvalue weighted by molar-refractivity contribution is 9.10. The summed E-state index contributed by atoms with van der Waals surface area (Å²) in [5.41, 5.74) is 2.13. The van der Waals surface area contributed by atoms with Crippen LogP contribution in [0, 0.1) is 0 Å². The second kappa shape index (κ2) is 4.33. The molecule has 0 heterocycles. The van der Waals surface area contributed by atoms with Gasteiger partial charge in [-0.05, 0) is 46.5 Å². The minimum absolute atomic E-state index is 0.114. The fourth-order valence-electron chi connectivity index (χ4n) is 2.19. The zero-order valence-corrected chi connectivity index (χ0v) is 11.6. The zero-order valence-electron chi connectivity index (χ0n) is 10.0. The van der Waals surface area contributed by atoms with E-state index in [0.29, 0.717) is 0 Å². The van der Waals surface area contributed by atoms with Gasteiger partial charge in [0.15, 0.2) is 0 Å². The van der Waals surface area contributed by atoms with Gasteiger partial charge in [0.25, 0.3) is 0 Å². The number of carboxylic acid groups (broad SMARTS) is 1. The SMILES string of the molecule is CN(C)c1cc(C2(CC(=O)O)CC2)ccc1Br. The molecule has 0 spiro atoms. The van der Waals surface area contributed by atoms with Crippen molar-refractivity contribution >= 4 is 27.6 Å². The molecular weight excluding hydrogens is 282 g/mol. The van der Waals surface area contributed by atoms with E-state index in [1.54, 1.807) is 0 Å². The van der Waals surface area contributed by atoms with E-state index in [2.05, 4.69) is 22.0 Å². The Morgan fingerprint density at radius 3 is 2.59 bits per heavy atom. The van der Waals surface area contributed by atoms with Crippen molar-refractivity contribution in [2.75, 3.05) is 19.0 Å². The van der Waals surface area contributed by atoms with E-state index in [4.69, 9.17) is 5.11 Å². The summed E-state index contributed by atoms with van der Waals surface area (Å²) in [7, 11) is 3.97. The van der Waals surface area contributed by atoms with Crippen LogP contribution in [0.25, 0.3) is 0 Å². The minimum atomic E-state index is -0.711. The predicted molar refractivity (Wildman–Crippen MR) is 71.6 cm³/mol. The third-order valence-electron chi connectivity index (χ3n) is 3.38. The normalized spacial score (nSPS) is 16.6. The van der Waals surface area contributed by atoms with Crippen LogP contribution in [-0.4, -0.2) is 25.2 Å². The summed E-state index contributed by atoms with van der Waals surface area (Å²) in [5.74, 6) is -0.711. The second-order valence-electron chi connectivity index (χ2n) is 4.91. The first-order chi connectivity index (χ1) is 7.94. The summed E-state index contributed by atoms with van der Waals surface area (Å²) in [5, 5.41) is 8.96. The molecule has 0 atom stereocenters. The lowest BCUT2D eigenvalue weighted by Gasteiger charge is -2.19. The van der Waals surface area contributed by atoms with Crippen LogP contribution in [0.4, 0.5) is 5.69 Å². The molecule has 0 unspecified atom stereocenters. The van der Waals surface area contributed by atoms with Crippen LogP contribution < -0.4 is 4.90 Å². The lowest BCUT2D eigenvalue weighted by Crippen LogP contribution is -2.15. The molecule has 0 amide bonds. The van der Waals surface area contributed by atoms with Crippen LogP contribution in [0.3, 0.4) is 0 Å². The fourth-order valence-corrected chi connectivity index (χ4v) is 2.79. The molecule has 1 fully saturated rings. The zero-order chi connectivity index (χ0) is 12.6. The highest BCUT2D eigenvalue weighted by Crippen LogP contribution is 2.52. The van der Waals surface area contributed by atoms with Gasteiger partial charge in [0, 0.05) is 24.0 Å². The summed E-state index contributed by atoms with van der Waals surface area (Å²) in [6.45, 7) is 0. The maximum absolute atomic E-state index is 10.9. The highest BCUT2D eigenvalue weighted by Gasteiger charge is 2.46. The van der Waals surface area contributed by atoms with E-state index >= 15 is 0 Å². The average Bonchev–Trinajstić information content (AvgIpc) is 2.97. The summed E-state index contributed by atoms with van der Waals surface area (Å²) >= 11 is 3.51. The molecule has 92 valence electrons. The Morgan fingerprint density at radius 2 is 2.12 bits per heavy atom. The van der Waals surface area contributed by atoms with Gasteiger partial charge in [-0.2, -0.15) is 0 Å². The fraction of sp³-hybridized carbons (Fsp3) is 0.462. The second-order valence-corrected chi connectivity index (χ2v) is 5.77. The van der Waals surface area contributed by atoms with Crippen LogP contribution in [0.15, 0.2) is 22.7 Å². The number of halogens is 1. The van der Waals surface area contributed by atoms with Crippen molar-refractivity contribution in [2.24, 2.45) is 0 Å². The van der Waals surface area contributed by atoms with Crippen molar-refractivity contribution in [3.05, 3.63) is 28.2 Å². The van der Waals surface area contributed by atoms with E-state index in [0.717, 1.165) is 28.6 Å². The molecule has 0 aromatic heterocycles. The van der Waals surface area contributed by atoms with Gasteiger partial charge in [0.1, 0.15) is 0 Å². The van der Waals surface area contributed by atoms with E-state index in [9.17, 15) is 4.79 Å². The lowest BCUT2D eigenvalue weighted by molar-refractivity contribution is -0.137. The van der Waals surface area contributed by atoms with Crippen LogP contribution in [0.1, 0.15) is 24.8 Å². The van der Waals surface area contributed by atoms with E-state index in [1.807, 2.05) is 31.1 Å². The summed E-state index contributed by atoms with van der Waals surface area (Å²) in [6, 6.07) is 6.14. The van der Waals surface area contributed by atoms with Gasteiger partial charge in [-0.15, -0.1) is 0 Å². The molecule has 0 bridgehead atoms. The smallest absolute Gasteiger partial charge is 0.304 e. The molecule has 0 aliphatic heterocycles. The molecule has 4 heteroatoms. The van der Waals surface area contributed by atoms with Gasteiger partial charge in [0.05, 0.1) is 12.1 Å². The van der Waals surface area contributed by atoms with Crippen molar-refractivity contribution in [1.82, 2.24) is 0 Å². The molecule has 1 aliphatic carbocycles. The lowest BCUT2D eigenvalue weighted by atomic mass is 9.92. The molecule has 1 aliphatic rings. The summed E-state index contributed by atoms with van der Waals surface area (Å²) in [6.07, 6.45) is 2.20. The third kappa shape index (κ3) is 2.46. The highest BCUT2D eigenvalue weighted by atomic mass is 79.9. The molecule has 1 aromatic rings. The Balaban J connectivity index is 2.34. The first kappa shape index (κ1) is 12.4. The topological polar surface area (TPSA) is 40.5 Å². The first-order valence-corrected chi connectivity index (χ1v) is 6.43. The Morgan fingerprint density at radius 1 is 1.47 bits per heavy atom. The van der Waals surface area contributed by atoms with Gasteiger partial charge >= 0.3 is 5.97 Å². The van der Waals surface area contributed by atoms with Crippen molar-refractivity contribution in [3.8, 4) is 0 Å². The largest absolute Gasteiger partial charge is 0.481 e. The first-order valence-electron chi connectivity index (χ1n) is 5.64. The quantitative estimate of drug-likeness (QED) is 0.929. The summed E-state index contributed by atoms with van der Waals surface area (Å²) < 4.78 is 1.04. The number of nitrogens with zero attached hydrogens (tertiary/aromatic N) is 1. The van der Waals surface area contributed by atoms with Gasteiger partial charge in [-0.25, -0.2) is 0 Å². The molecule has 2 rings (SSSR count). The minimum Gasteiger partial charge on any atom is -0.481 e. The van der Waals surface area contributed by atoms with E-state index in [1.165, 1.54) is 0 Å². The molecule has 1 N–H and O–H groups in total. The Labute approximate surface area is 110 Å². The number of anilines is 1. The number of benzene rings is 1. The number of carbonyl (C=O) groups is 1. The van der Waals surface area contributed by atoms with Gasteiger partial charge in [0.2, 0.25) is 0 Å². The van der Waals surface area contributed by atoms with E-state index < -0.39 is 5.97 Å². The predicted octanol–water partition coefficient (Wildman–Crippen LogP) is 3.02. The number of carboxylic acids is 1. The van der Waals surface area contributed by atoms with Gasteiger partial charge in [-0.3, -0.25) is 4.79 Å². The van der Waals surface area contributed by atoms with Crippen LogP contribution in [0.5, 0.6) is 0 Å². The van der Waals surface area contributed by atoms with Crippen molar-refractivity contribution < 1.29 is 9.90 Å². The third-order valence-corrected chi connectivity index (χ3v) is 4.05. The number of aliphatic carboxylic acids is 1. The number of hydrogen-bond donors (Lipinski definition) is 1. The number of hydrogen-bond acceptors (Lipinski definition) is 2. The van der Waals surface area contributed by atoms with Crippen molar-refractivity contribution in [3.63, 3.8) is 0 Å². The monoisotopic (exact) mass is 297 g/mol. The molecule has 3 nitrogen and oxygen atoms in total. The molecular formula is C13H16BrNO2. The molecule has 17 heavy (non-hydrogen) atoms. The van der Waals surface area contributed by atoms with E-state index in [-0.39, 0.29) is 11.8 Å². The average molecular weight is 298 g/mol. The molecule has 0 saturated heterocycles. The molecule has 0 radical (unpaired) electrons. The maximum Gasteiger partial charge on any atom is 0.304 e. The Hall–Kier alpha value is -1.03. The van der Waals surface area contributed by atoms with Crippen LogP contribution in [0.2, 0.25) is 0 Å². The van der Waals surface area contributed by atoms with Gasteiger partial charge in [-0.1, -0.05) is 6.07 Å². The van der Waals surface area contributed by atoms with Crippen LogP contribution in [-0.2, 0) is 10.2 Å². The maximum atomic E-state index is 10.9. The van der Waals surface area contributed by atoms with Crippen molar-refractivity contribution in [2.45, 2.75) is 24.7 Å². The standard InChI is InChI=1S/C13H16BrNO2/c1-15(2)11-7-9(3-4-10(11)14)13(5-6-13)8-12(16)17/h3-4,7H,5-6,8H2,1-2H3,(H,16,17). The Bertz CT molecular complexity index is 453. The van der Waals surface area contributed by atoms with Crippen LogP contribution >= 0.6 is 15.9 Å². The Kier molecular flexibility index (Phi) is 3.17. The number of rotatable bonds is 4. The van der Waals surface area contributed by atoms with Gasteiger partial charge < -0.3 is 10.0 Å².